The lowest BCUT2D eigenvalue weighted by molar-refractivity contribution is -0.117. The maximum atomic E-state index is 12.2. The summed E-state index contributed by atoms with van der Waals surface area (Å²) < 4.78 is 0. The summed E-state index contributed by atoms with van der Waals surface area (Å²) in [5, 5.41) is 3.65. The van der Waals surface area contributed by atoms with Crippen molar-refractivity contribution in [2.75, 3.05) is 5.32 Å². The van der Waals surface area contributed by atoms with E-state index in [0.717, 1.165) is 18.5 Å². The number of amides is 1. The second kappa shape index (κ2) is 7.85. The first-order chi connectivity index (χ1) is 11.6. The Kier molecular flexibility index (Phi) is 5.57. The average Bonchev–Trinajstić information content (AvgIpc) is 2.58. The zero-order valence-corrected chi connectivity index (χ0v) is 14.9. The van der Waals surface area contributed by atoms with Gasteiger partial charge in [-0.2, -0.15) is 0 Å². The molecule has 0 saturated heterocycles. The maximum Gasteiger partial charge on any atom is 0.224 e. The van der Waals surface area contributed by atoms with Crippen molar-refractivity contribution in [2.24, 2.45) is 5.92 Å². The summed E-state index contributed by atoms with van der Waals surface area (Å²) in [6, 6.07) is 16.2. The molecule has 2 aromatic rings. The maximum absolute atomic E-state index is 12.2. The second-order valence-corrected chi connectivity index (χ2v) is 7.32. The number of carbonyl (C=O) groups excluding carboxylic acids is 1. The van der Waals surface area contributed by atoms with E-state index in [9.17, 15) is 4.79 Å². The number of benzene rings is 2. The van der Waals surface area contributed by atoms with Crippen molar-refractivity contribution in [1.82, 2.24) is 0 Å². The molecule has 0 heterocycles. The van der Waals surface area contributed by atoms with E-state index in [1.54, 1.807) is 12.1 Å². The van der Waals surface area contributed by atoms with Crippen LogP contribution in [0.2, 0.25) is 5.02 Å². The standard InChI is InChI=1S/C21H24ClNO/c1-15-2-6-17(7-3-15)18-8-4-16(5-9-18)14-21(24)23-20-12-10-19(22)11-13-20/h2-3,6-7,10-13,16,18H,4-5,8-9,14H2,1H3,(H,23,24). The largest absolute Gasteiger partial charge is 0.326 e. The highest BCUT2D eigenvalue weighted by atomic mass is 35.5. The molecule has 3 rings (SSSR count). The first-order valence-electron chi connectivity index (χ1n) is 8.72. The van der Waals surface area contributed by atoms with Gasteiger partial charge in [0.25, 0.3) is 0 Å². The van der Waals surface area contributed by atoms with Crippen LogP contribution in [0.4, 0.5) is 5.69 Å². The van der Waals surface area contributed by atoms with Crippen molar-refractivity contribution in [2.45, 2.75) is 44.9 Å². The van der Waals surface area contributed by atoms with Gasteiger partial charge in [-0.05, 0) is 74.3 Å². The zero-order valence-electron chi connectivity index (χ0n) is 14.1. The molecule has 0 atom stereocenters. The minimum Gasteiger partial charge on any atom is -0.326 e. The summed E-state index contributed by atoms with van der Waals surface area (Å²) in [6.07, 6.45) is 5.24. The van der Waals surface area contributed by atoms with Gasteiger partial charge in [-0.15, -0.1) is 0 Å². The van der Waals surface area contributed by atoms with Gasteiger partial charge < -0.3 is 5.32 Å². The predicted molar refractivity (Wildman–Crippen MR) is 101 cm³/mol. The molecule has 1 aliphatic rings. The van der Waals surface area contributed by atoms with Gasteiger partial charge in [0.05, 0.1) is 0 Å². The molecule has 0 aliphatic heterocycles. The Balaban J connectivity index is 1.47. The molecule has 0 radical (unpaired) electrons. The number of hydrogen-bond donors (Lipinski definition) is 1. The number of anilines is 1. The third kappa shape index (κ3) is 4.61. The molecule has 1 fully saturated rings. The van der Waals surface area contributed by atoms with Crippen LogP contribution in [0.3, 0.4) is 0 Å². The molecular weight excluding hydrogens is 318 g/mol. The number of carbonyl (C=O) groups is 1. The Bertz CT molecular complexity index is 670. The Hall–Kier alpha value is -1.80. The molecule has 0 aromatic heterocycles. The fraction of sp³-hybridized carbons (Fsp3) is 0.381. The van der Waals surface area contributed by atoms with E-state index in [2.05, 4.69) is 36.5 Å². The summed E-state index contributed by atoms with van der Waals surface area (Å²) in [7, 11) is 0. The normalized spacial score (nSPS) is 20.6. The van der Waals surface area contributed by atoms with E-state index in [0.29, 0.717) is 23.3 Å². The van der Waals surface area contributed by atoms with Crippen molar-refractivity contribution in [3.05, 3.63) is 64.7 Å². The van der Waals surface area contributed by atoms with Gasteiger partial charge >= 0.3 is 0 Å². The third-order valence-corrected chi connectivity index (χ3v) is 5.25. The van der Waals surface area contributed by atoms with Crippen LogP contribution in [0.1, 0.15) is 49.1 Å². The van der Waals surface area contributed by atoms with Crippen molar-refractivity contribution in [3.8, 4) is 0 Å². The Morgan fingerprint density at radius 2 is 1.62 bits per heavy atom. The molecule has 1 N–H and O–H groups in total. The van der Waals surface area contributed by atoms with E-state index in [4.69, 9.17) is 11.6 Å². The first kappa shape index (κ1) is 17.0. The van der Waals surface area contributed by atoms with Crippen LogP contribution in [-0.2, 0) is 4.79 Å². The summed E-state index contributed by atoms with van der Waals surface area (Å²) in [5.74, 6) is 1.26. The predicted octanol–water partition coefficient (Wildman–Crippen LogP) is 5.95. The third-order valence-electron chi connectivity index (χ3n) is 5.00. The SMILES string of the molecule is Cc1ccc(C2CCC(CC(=O)Nc3ccc(Cl)cc3)CC2)cc1. The fourth-order valence-corrected chi connectivity index (χ4v) is 3.67. The molecule has 1 amide bonds. The van der Waals surface area contributed by atoms with Gasteiger partial charge in [0.1, 0.15) is 0 Å². The van der Waals surface area contributed by atoms with Gasteiger partial charge in [-0.3, -0.25) is 4.79 Å². The van der Waals surface area contributed by atoms with E-state index in [1.165, 1.54) is 24.0 Å². The van der Waals surface area contributed by atoms with Gasteiger partial charge in [0.2, 0.25) is 5.91 Å². The topological polar surface area (TPSA) is 29.1 Å². The van der Waals surface area contributed by atoms with Crippen molar-refractivity contribution in [1.29, 1.82) is 0 Å². The lowest BCUT2D eigenvalue weighted by Gasteiger charge is -2.28. The Labute approximate surface area is 149 Å². The van der Waals surface area contributed by atoms with Crippen LogP contribution < -0.4 is 5.32 Å². The molecule has 2 nitrogen and oxygen atoms in total. The highest BCUT2D eigenvalue weighted by Gasteiger charge is 2.24. The van der Waals surface area contributed by atoms with Gasteiger partial charge in [-0.25, -0.2) is 0 Å². The smallest absolute Gasteiger partial charge is 0.224 e. The lowest BCUT2D eigenvalue weighted by Crippen LogP contribution is -2.20. The zero-order chi connectivity index (χ0) is 16.9. The Morgan fingerprint density at radius 1 is 1.00 bits per heavy atom. The summed E-state index contributed by atoms with van der Waals surface area (Å²) >= 11 is 5.86. The molecule has 2 aromatic carbocycles. The number of aryl methyl sites for hydroxylation is 1. The highest BCUT2D eigenvalue weighted by Crippen LogP contribution is 2.37. The summed E-state index contributed by atoms with van der Waals surface area (Å²) in [5.41, 5.74) is 3.58. The average molecular weight is 342 g/mol. The number of hydrogen-bond acceptors (Lipinski definition) is 1. The molecule has 0 spiro atoms. The molecular formula is C21H24ClNO. The quantitative estimate of drug-likeness (QED) is 0.731. The minimum atomic E-state index is 0.108. The Morgan fingerprint density at radius 3 is 2.25 bits per heavy atom. The number of rotatable bonds is 4. The molecule has 0 unspecified atom stereocenters. The first-order valence-corrected chi connectivity index (χ1v) is 9.10. The van der Waals surface area contributed by atoms with Gasteiger partial charge in [0.15, 0.2) is 0 Å². The highest BCUT2D eigenvalue weighted by molar-refractivity contribution is 6.30. The van der Waals surface area contributed by atoms with Crippen LogP contribution in [0, 0.1) is 12.8 Å². The molecule has 24 heavy (non-hydrogen) atoms. The lowest BCUT2D eigenvalue weighted by atomic mass is 9.77. The molecule has 126 valence electrons. The number of nitrogens with one attached hydrogen (secondary N) is 1. The fourth-order valence-electron chi connectivity index (χ4n) is 3.55. The second-order valence-electron chi connectivity index (χ2n) is 6.89. The molecule has 1 saturated carbocycles. The summed E-state index contributed by atoms with van der Waals surface area (Å²) in [6.45, 7) is 2.12. The van der Waals surface area contributed by atoms with Crippen LogP contribution in [0.15, 0.2) is 48.5 Å². The van der Waals surface area contributed by atoms with E-state index in [1.807, 2.05) is 12.1 Å². The molecule has 0 bridgehead atoms. The van der Waals surface area contributed by atoms with Crippen LogP contribution in [-0.4, -0.2) is 5.91 Å². The van der Waals surface area contributed by atoms with Crippen molar-refractivity contribution >= 4 is 23.2 Å². The van der Waals surface area contributed by atoms with Crippen molar-refractivity contribution < 1.29 is 4.79 Å². The van der Waals surface area contributed by atoms with Gasteiger partial charge in [0, 0.05) is 17.1 Å². The van der Waals surface area contributed by atoms with E-state index < -0.39 is 0 Å². The molecule has 3 heteroatoms. The number of halogens is 1. The van der Waals surface area contributed by atoms with E-state index >= 15 is 0 Å². The van der Waals surface area contributed by atoms with Crippen molar-refractivity contribution in [3.63, 3.8) is 0 Å². The van der Waals surface area contributed by atoms with Crippen LogP contribution in [0.25, 0.3) is 0 Å². The monoisotopic (exact) mass is 341 g/mol. The van der Waals surface area contributed by atoms with E-state index in [-0.39, 0.29) is 5.91 Å². The van der Waals surface area contributed by atoms with Gasteiger partial charge in [-0.1, -0.05) is 41.4 Å². The van der Waals surface area contributed by atoms with Crippen LogP contribution >= 0.6 is 11.6 Å². The summed E-state index contributed by atoms with van der Waals surface area (Å²) in [4.78, 5) is 12.2. The molecule has 1 aliphatic carbocycles. The van der Waals surface area contributed by atoms with Crippen LogP contribution in [0.5, 0.6) is 0 Å². The minimum absolute atomic E-state index is 0.108.